The third kappa shape index (κ3) is 4.20. The standard InChI is InChI=1S/C23H25N3O4/c1-23-12-3-2-7-20(23)21(23)22(27)25-24-14-17-5-4-6-19(13-17)30-15-16-8-10-18(11-9-16)26(28)29/h4-6,8-11,13-14,20-21H,2-3,7,12,15H2,1H3,(H,25,27)/b24-14-/t20-,21-,23+/m1/s1. The number of nitro benzene ring substituents is 1. The van der Waals surface area contributed by atoms with Crippen molar-refractivity contribution in [1.29, 1.82) is 0 Å². The molecule has 0 spiro atoms. The van der Waals surface area contributed by atoms with E-state index >= 15 is 0 Å². The first kappa shape index (κ1) is 20.1. The first-order valence-electron chi connectivity index (χ1n) is 10.3. The van der Waals surface area contributed by atoms with Gasteiger partial charge >= 0.3 is 0 Å². The minimum absolute atomic E-state index is 0.0197. The third-order valence-corrected chi connectivity index (χ3v) is 6.41. The number of carbonyl (C=O) groups excluding carboxylic acids is 1. The van der Waals surface area contributed by atoms with Gasteiger partial charge in [0, 0.05) is 18.1 Å². The predicted octanol–water partition coefficient (Wildman–Crippen LogP) is 4.45. The molecular formula is C23H25N3O4. The lowest BCUT2D eigenvalue weighted by molar-refractivity contribution is -0.384. The topological polar surface area (TPSA) is 93.8 Å². The van der Waals surface area contributed by atoms with Crippen LogP contribution in [0.4, 0.5) is 5.69 Å². The van der Waals surface area contributed by atoms with Gasteiger partial charge < -0.3 is 4.74 Å². The molecule has 2 aliphatic rings. The number of rotatable bonds is 7. The molecule has 7 heteroatoms. The van der Waals surface area contributed by atoms with Crippen LogP contribution >= 0.6 is 0 Å². The van der Waals surface area contributed by atoms with E-state index in [0.717, 1.165) is 24.0 Å². The lowest BCUT2D eigenvalue weighted by atomic mass is 9.90. The highest BCUT2D eigenvalue weighted by Gasteiger charge is 2.64. The fraction of sp³-hybridized carbons (Fsp3) is 0.391. The Balaban J connectivity index is 1.30. The molecule has 0 saturated heterocycles. The van der Waals surface area contributed by atoms with Crippen molar-refractivity contribution in [2.45, 2.75) is 39.2 Å². The largest absolute Gasteiger partial charge is 0.489 e. The van der Waals surface area contributed by atoms with Crippen molar-refractivity contribution < 1.29 is 14.5 Å². The molecule has 0 bridgehead atoms. The molecular weight excluding hydrogens is 382 g/mol. The maximum atomic E-state index is 12.5. The number of hydrogen-bond donors (Lipinski definition) is 1. The van der Waals surface area contributed by atoms with E-state index in [4.69, 9.17) is 4.74 Å². The number of non-ortho nitro benzene ring substituents is 1. The zero-order valence-corrected chi connectivity index (χ0v) is 16.9. The number of fused-ring (bicyclic) bond motifs is 1. The number of benzene rings is 2. The van der Waals surface area contributed by atoms with Crippen LogP contribution in [-0.4, -0.2) is 17.0 Å². The Hall–Kier alpha value is -3.22. The maximum Gasteiger partial charge on any atom is 0.269 e. The molecule has 7 nitrogen and oxygen atoms in total. The molecule has 1 N–H and O–H groups in total. The van der Waals surface area contributed by atoms with Crippen LogP contribution in [0.25, 0.3) is 0 Å². The highest BCUT2D eigenvalue weighted by atomic mass is 16.6. The van der Waals surface area contributed by atoms with Gasteiger partial charge in [0.25, 0.3) is 5.69 Å². The van der Waals surface area contributed by atoms with Crippen LogP contribution in [0.15, 0.2) is 53.6 Å². The SMILES string of the molecule is C[C@]12CCCC[C@@H]1[C@@H]2C(=O)N/N=C\c1cccc(OCc2ccc([N+](=O)[O-])cc2)c1. The molecule has 0 aromatic heterocycles. The fourth-order valence-corrected chi connectivity index (χ4v) is 4.66. The van der Waals surface area contributed by atoms with Crippen LogP contribution in [0.3, 0.4) is 0 Å². The highest BCUT2D eigenvalue weighted by Crippen LogP contribution is 2.66. The molecule has 2 aromatic rings. The summed E-state index contributed by atoms with van der Waals surface area (Å²) in [7, 11) is 0. The van der Waals surface area contributed by atoms with E-state index in [0.29, 0.717) is 18.3 Å². The van der Waals surface area contributed by atoms with E-state index in [-0.39, 0.29) is 22.9 Å². The molecule has 0 heterocycles. The number of hydrazone groups is 1. The normalized spacial score (nSPS) is 24.8. The van der Waals surface area contributed by atoms with Crippen molar-refractivity contribution in [2.24, 2.45) is 22.4 Å². The van der Waals surface area contributed by atoms with Gasteiger partial charge in [-0.05, 0) is 59.6 Å². The number of ether oxygens (including phenoxy) is 1. The summed E-state index contributed by atoms with van der Waals surface area (Å²) >= 11 is 0. The summed E-state index contributed by atoms with van der Waals surface area (Å²) in [5, 5.41) is 14.8. The van der Waals surface area contributed by atoms with Gasteiger partial charge in [-0.1, -0.05) is 31.9 Å². The van der Waals surface area contributed by atoms with Gasteiger partial charge in [-0.25, -0.2) is 5.43 Å². The molecule has 2 saturated carbocycles. The average Bonchev–Trinajstić information content (AvgIpc) is 3.38. The molecule has 2 aliphatic carbocycles. The van der Waals surface area contributed by atoms with Crippen LogP contribution < -0.4 is 10.2 Å². The van der Waals surface area contributed by atoms with Crippen molar-refractivity contribution in [3.05, 3.63) is 69.8 Å². The van der Waals surface area contributed by atoms with E-state index in [1.54, 1.807) is 18.3 Å². The van der Waals surface area contributed by atoms with Crippen molar-refractivity contribution in [3.8, 4) is 5.75 Å². The molecule has 1 amide bonds. The van der Waals surface area contributed by atoms with Gasteiger partial charge in [-0.3, -0.25) is 14.9 Å². The number of nitrogens with one attached hydrogen (secondary N) is 1. The van der Waals surface area contributed by atoms with E-state index < -0.39 is 4.92 Å². The first-order valence-corrected chi connectivity index (χ1v) is 10.3. The van der Waals surface area contributed by atoms with Crippen molar-refractivity contribution >= 4 is 17.8 Å². The van der Waals surface area contributed by atoms with Gasteiger partial charge in [0.15, 0.2) is 0 Å². The van der Waals surface area contributed by atoms with Gasteiger partial charge in [0.05, 0.1) is 11.1 Å². The number of hydrogen-bond acceptors (Lipinski definition) is 5. The summed E-state index contributed by atoms with van der Waals surface area (Å²) in [5.41, 5.74) is 4.58. The second kappa shape index (κ2) is 8.26. The molecule has 0 unspecified atom stereocenters. The second-order valence-corrected chi connectivity index (χ2v) is 8.35. The monoisotopic (exact) mass is 407 g/mol. The Bertz CT molecular complexity index is 973. The number of nitro groups is 1. The Morgan fingerprint density at radius 2 is 2.10 bits per heavy atom. The number of nitrogens with zero attached hydrogens (tertiary/aromatic N) is 2. The lowest BCUT2D eigenvalue weighted by Gasteiger charge is -2.15. The lowest BCUT2D eigenvalue weighted by Crippen LogP contribution is -2.22. The van der Waals surface area contributed by atoms with E-state index in [2.05, 4.69) is 17.5 Å². The Morgan fingerprint density at radius 1 is 1.30 bits per heavy atom. The quantitative estimate of drug-likeness (QED) is 0.417. The van der Waals surface area contributed by atoms with Gasteiger partial charge in [0.1, 0.15) is 12.4 Å². The van der Waals surface area contributed by atoms with Crippen LogP contribution in [0.1, 0.15) is 43.7 Å². The minimum Gasteiger partial charge on any atom is -0.489 e. The van der Waals surface area contributed by atoms with Crippen molar-refractivity contribution in [2.75, 3.05) is 0 Å². The van der Waals surface area contributed by atoms with Gasteiger partial charge in [0.2, 0.25) is 5.91 Å². The summed E-state index contributed by atoms with van der Waals surface area (Å²) < 4.78 is 5.77. The smallest absolute Gasteiger partial charge is 0.269 e. The molecule has 0 aliphatic heterocycles. The highest BCUT2D eigenvalue weighted by molar-refractivity contribution is 5.86. The van der Waals surface area contributed by atoms with Crippen molar-refractivity contribution in [3.63, 3.8) is 0 Å². The van der Waals surface area contributed by atoms with Crippen molar-refractivity contribution in [1.82, 2.24) is 5.43 Å². The summed E-state index contributed by atoms with van der Waals surface area (Å²) in [5.74, 6) is 1.28. The van der Waals surface area contributed by atoms with E-state index in [1.165, 1.54) is 25.0 Å². The first-order chi connectivity index (χ1) is 14.5. The Morgan fingerprint density at radius 3 is 2.80 bits per heavy atom. The number of carbonyl (C=O) groups is 1. The molecule has 156 valence electrons. The zero-order chi connectivity index (χ0) is 21.1. The van der Waals surface area contributed by atoms with Crippen LogP contribution in [-0.2, 0) is 11.4 Å². The fourth-order valence-electron chi connectivity index (χ4n) is 4.66. The molecule has 3 atom stereocenters. The second-order valence-electron chi connectivity index (χ2n) is 8.35. The Kier molecular flexibility index (Phi) is 5.53. The summed E-state index contributed by atoms with van der Waals surface area (Å²) in [4.78, 5) is 22.8. The van der Waals surface area contributed by atoms with Crippen LogP contribution in [0.2, 0.25) is 0 Å². The summed E-state index contributed by atoms with van der Waals surface area (Å²) in [6.07, 6.45) is 6.33. The van der Waals surface area contributed by atoms with Crippen LogP contribution in [0.5, 0.6) is 5.75 Å². The van der Waals surface area contributed by atoms with E-state index in [9.17, 15) is 14.9 Å². The number of amides is 1. The zero-order valence-electron chi connectivity index (χ0n) is 16.9. The molecule has 30 heavy (non-hydrogen) atoms. The summed E-state index contributed by atoms with van der Waals surface area (Å²) in [6, 6.07) is 13.7. The molecule has 2 fully saturated rings. The maximum absolute atomic E-state index is 12.5. The minimum atomic E-state index is -0.427. The molecule has 0 radical (unpaired) electrons. The van der Waals surface area contributed by atoms with E-state index in [1.807, 2.05) is 24.3 Å². The molecule has 2 aromatic carbocycles. The average molecular weight is 407 g/mol. The molecule has 4 rings (SSSR count). The Labute approximate surface area is 175 Å². The summed E-state index contributed by atoms with van der Waals surface area (Å²) in [6.45, 7) is 2.52. The predicted molar refractivity (Wildman–Crippen MR) is 113 cm³/mol. The third-order valence-electron chi connectivity index (χ3n) is 6.41. The van der Waals surface area contributed by atoms with Gasteiger partial charge in [-0.15, -0.1) is 0 Å². The van der Waals surface area contributed by atoms with Crippen LogP contribution in [0, 0.1) is 27.4 Å². The van der Waals surface area contributed by atoms with Gasteiger partial charge in [-0.2, -0.15) is 5.10 Å².